The molecule has 1 saturated heterocycles. The highest BCUT2D eigenvalue weighted by Gasteiger charge is 2.31. The molecule has 0 aromatic rings. The van der Waals surface area contributed by atoms with Crippen LogP contribution in [0.15, 0.2) is 0 Å². The molecule has 2 amide bonds. The van der Waals surface area contributed by atoms with E-state index < -0.39 is 0 Å². The van der Waals surface area contributed by atoms with Crippen LogP contribution < -0.4 is 10.6 Å². The van der Waals surface area contributed by atoms with Crippen LogP contribution in [0.2, 0.25) is 0 Å². The molecule has 18 heavy (non-hydrogen) atoms. The Morgan fingerprint density at radius 1 is 1.33 bits per heavy atom. The number of likely N-dealkylation sites (N-methyl/N-ethyl adjacent to an activating group) is 1. The zero-order valence-corrected chi connectivity index (χ0v) is 11.5. The van der Waals surface area contributed by atoms with Crippen molar-refractivity contribution in [3.05, 3.63) is 0 Å². The predicted octanol–water partition coefficient (Wildman–Crippen LogP) is 0.503. The van der Waals surface area contributed by atoms with Gasteiger partial charge < -0.3 is 15.5 Å². The van der Waals surface area contributed by atoms with Gasteiger partial charge >= 0.3 is 0 Å². The second-order valence-electron chi connectivity index (χ2n) is 4.66. The van der Waals surface area contributed by atoms with Crippen LogP contribution in [0.5, 0.6) is 0 Å². The zero-order valence-electron chi connectivity index (χ0n) is 11.5. The Balaban J connectivity index is 2.52. The van der Waals surface area contributed by atoms with Gasteiger partial charge in [-0.1, -0.05) is 19.8 Å². The summed E-state index contributed by atoms with van der Waals surface area (Å²) >= 11 is 0. The van der Waals surface area contributed by atoms with Crippen molar-refractivity contribution in [3.8, 4) is 0 Å². The Morgan fingerprint density at radius 3 is 2.78 bits per heavy atom. The SMILES string of the molecule is CCCCCC(=O)N1CCNCC1C(=O)NCC. The standard InChI is InChI=1S/C13H25N3O2/c1-3-5-6-7-12(17)16-9-8-14-10-11(16)13(18)15-4-2/h11,14H,3-10H2,1-2H3,(H,15,18). The van der Waals surface area contributed by atoms with Crippen LogP contribution in [0, 0.1) is 0 Å². The summed E-state index contributed by atoms with van der Waals surface area (Å²) in [6.07, 6.45) is 3.66. The van der Waals surface area contributed by atoms with Gasteiger partial charge in [-0.3, -0.25) is 9.59 Å². The van der Waals surface area contributed by atoms with Crippen LogP contribution in [0.1, 0.15) is 39.5 Å². The highest BCUT2D eigenvalue weighted by Crippen LogP contribution is 2.09. The first-order valence-corrected chi connectivity index (χ1v) is 6.98. The molecule has 1 atom stereocenters. The fourth-order valence-electron chi connectivity index (χ4n) is 2.20. The molecule has 5 nitrogen and oxygen atoms in total. The van der Waals surface area contributed by atoms with Crippen molar-refractivity contribution in [3.63, 3.8) is 0 Å². The molecular formula is C13H25N3O2. The van der Waals surface area contributed by atoms with Crippen LogP contribution in [-0.4, -0.2) is 48.9 Å². The molecule has 1 rings (SSSR count). The summed E-state index contributed by atoms with van der Waals surface area (Å²) in [4.78, 5) is 25.7. The number of rotatable bonds is 6. The summed E-state index contributed by atoms with van der Waals surface area (Å²) in [5.41, 5.74) is 0. The minimum atomic E-state index is -0.340. The normalized spacial score (nSPS) is 19.7. The molecule has 0 aromatic carbocycles. The van der Waals surface area contributed by atoms with Gasteiger partial charge in [0.05, 0.1) is 0 Å². The second-order valence-corrected chi connectivity index (χ2v) is 4.66. The third-order valence-corrected chi connectivity index (χ3v) is 3.21. The average molecular weight is 255 g/mol. The number of amides is 2. The molecule has 1 heterocycles. The lowest BCUT2D eigenvalue weighted by Crippen LogP contribution is -2.59. The molecule has 0 saturated carbocycles. The molecular weight excluding hydrogens is 230 g/mol. The first-order chi connectivity index (χ1) is 8.70. The van der Waals surface area contributed by atoms with Crippen molar-refractivity contribution in [2.75, 3.05) is 26.2 Å². The van der Waals surface area contributed by atoms with Gasteiger partial charge in [0.2, 0.25) is 11.8 Å². The summed E-state index contributed by atoms with van der Waals surface area (Å²) in [5, 5.41) is 5.97. The number of carbonyl (C=O) groups is 2. The monoisotopic (exact) mass is 255 g/mol. The van der Waals surface area contributed by atoms with Gasteiger partial charge in [-0.25, -0.2) is 0 Å². The number of piperazine rings is 1. The average Bonchev–Trinajstić information content (AvgIpc) is 2.39. The number of hydrogen-bond acceptors (Lipinski definition) is 3. The maximum atomic E-state index is 12.1. The van der Waals surface area contributed by atoms with Crippen molar-refractivity contribution in [2.45, 2.75) is 45.6 Å². The Morgan fingerprint density at radius 2 is 2.11 bits per heavy atom. The molecule has 104 valence electrons. The van der Waals surface area contributed by atoms with Gasteiger partial charge in [-0.15, -0.1) is 0 Å². The Kier molecular flexibility index (Phi) is 6.72. The summed E-state index contributed by atoms with van der Waals surface area (Å²) in [6, 6.07) is -0.340. The highest BCUT2D eigenvalue weighted by atomic mass is 16.2. The molecule has 0 aromatic heterocycles. The molecule has 0 spiro atoms. The van der Waals surface area contributed by atoms with Gasteiger partial charge in [0.1, 0.15) is 6.04 Å². The van der Waals surface area contributed by atoms with E-state index in [4.69, 9.17) is 0 Å². The van der Waals surface area contributed by atoms with Crippen LogP contribution in [-0.2, 0) is 9.59 Å². The Hall–Kier alpha value is -1.10. The largest absolute Gasteiger partial charge is 0.355 e. The van der Waals surface area contributed by atoms with Crippen LogP contribution in [0.25, 0.3) is 0 Å². The third-order valence-electron chi connectivity index (χ3n) is 3.21. The van der Waals surface area contributed by atoms with E-state index >= 15 is 0 Å². The van der Waals surface area contributed by atoms with Gasteiger partial charge in [0.15, 0.2) is 0 Å². The van der Waals surface area contributed by atoms with Crippen LogP contribution in [0.4, 0.5) is 0 Å². The fourth-order valence-corrected chi connectivity index (χ4v) is 2.20. The molecule has 0 aliphatic carbocycles. The van der Waals surface area contributed by atoms with Gasteiger partial charge in [0.25, 0.3) is 0 Å². The number of nitrogens with one attached hydrogen (secondary N) is 2. The lowest BCUT2D eigenvalue weighted by molar-refractivity contribution is -0.141. The summed E-state index contributed by atoms with van der Waals surface area (Å²) in [5.74, 6) is 0.0646. The first kappa shape index (κ1) is 15.0. The first-order valence-electron chi connectivity index (χ1n) is 6.98. The topological polar surface area (TPSA) is 61.4 Å². The van der Waals surface area contributed by atoms with E-state index in [9.17, 15) is 9.59 Å². The summed E-state index contributed by atoms with van der Waals surface area (Å²) in [7, 11) is 0. The predicted molar refractivity (Wildman–Crippen MR) is 71.2 cm³/mol. The third kappa shape index (κ3) is 4.29. The molecule has 5 heteroatoms. The molecule has 0 radical (unpaired) electrons. The maximum Gasteiger partial charge on any atom is 0.244 e. The Labute approximate surface area is 109 Å². The van der Waals surface area contributed by atoms with E-state index in [1.165, 1.54) is 0 Å². The van der Waals surface area contributed by atoms with E-state index in [2.05, 4.69) is 17.6 Å². The van der Waals surface area contributed by atoms with E-state index in [1.807, 2.05) is 6.92 Å². The highest BCUT2D eigenvalue weighted by molar-refractivity contribution is 5.88. The van der Waals surface area contributed by atoms with Gasteiger partial charge in [0, 0.05) is 32.6 Å². The van der Waals surface area contributed by atoms with E-state index in [1.54, 1.807) is 4.90 Å². The zero-order chi connectivity index (χ0) is 13.4. The molecule has 1 unspecified atom stereocenters. The molecule has 1 aliphatic heterocycles. The molecule has 1 fully saturated rings. The van der Waals surface area contributed by atoms with E-state index in [0.29, 0.717) is 26.1 Å². The van der Waals surface area contributed by atoms with Crippen molar-refractivity contribution >= 4 is 11.8 Å². The molecule has 0 bridgehead atoms. The van der Waals surface area contributed by atoms with Crippen molar-refractivity contribution in [1.29, 1.82) is 0 Å². The Bertz CT molecular complexity index is 281. The second kappa shape index (κ2) is 8.08. The number of nitrogens with zero attached hydrogens (tertiary/aromatic N) is 1. The number of unbranched alkanes of at least 4 members (excludes halogenated alkanes) is 2. The van der Waals surface area contributed by atoms with Crippen LogP contribution in [0.3, 0.4) is 0 Å². The van der Waals surface area contributed by atoms with Gasteiger partial charge in [-0.05, 0) is 13.3 Å². The molecule has 2 N–H and O–H groups in total. The molecule has 1 aliphatic rings. The van der Waals surface area contributed by atoms with Crippen molar-refractivity contribution in [1.82, 2.24) is 15.5 Å². The maximum absolute atomic E-state index is 12.1. The van der Waals surface area contributed by atoms with Gasteiger partial charge in [-0.2, -0.15) is 0 Å². The van der Waals surface area contributed by atoms with Crippen molar-refractivity contribution in [2.24, 2.45) is 0 Å². The van der Waals surface area contributed by atoms with Crippen LogP contribution >= 0.6 is 0 Å². The smallest absolute Gasteiger partial charge is 0.244 e. The lowest BCUT2D eigenvalue weighted by atomic mass is 10.1. The minimum Gasteiger partial charge on any atom is -0.355 e. The van der Waals surface area contributed by atoms with E-state index in [-0.39, 0.29) is 17.9 Å². The number of carbonyl (C=O) groups excluding carboxylic acids is 2. The fraction of sp³-hybridized carbons (Fsp3) is 0.846. The minimum absolute atomic E-state index is 0.0476. The summed E-state index contributed by atoms with van der Waals surface area (Å²) < 4.78 is 0. The summed E-state index contributed by atoms with van der Waals surface area (Å²) in [6.45, 7) is 6.58. The number of hydrogen-bond donors (Lipinski definition) is 2. The van der Waals surface area contributed by atoms with E-state index in [0.717, 1.165) is 25.8 Å². The lowest BCUT2D eigenvalue weighted by Gasteiger charge is -2.35. The van der Waals surface area contributed by atoms with Crippen molar-refractivity contribution < 1.29 is 9.59 Å². The quantitative estimate of drug-likeness (QED) is 0.680.